The van der Waals surface area contributed by atoms with Crippen LogP contribution < -0.4 is 5.32 Å². The number of nitrogens with zero attached hydrogens (tertiary/aromatic N) is 1. The molecule has 0 aliphatic rings. The number of benzene rings is 2. The van der Waals surface area contributed by atoms with E-state index in [1.807, 2.05) is 34.9 Å². The molecule has 2 aromatic carbocycles. The van der Waals surface area contributed by atoms with Crippen molar-refractivity contribution in [3.8, 4) is 22.5 Å². The lowest BCUT2D eigenvalue weighted by Crippen LogP contribution is -2.34. The van der Waals surface area contributed by atoms with Gasteiger partial charge in [0.15, 0.2) is 0 Å². The molecular weight excluding hydrogens is 447 g/mol. The largest absolute Gasteiger partial charge is 0.456 e. The summed E-state index contributed by atoms with van der Waals surface area (Å²) in [5.74, 6) is -1.01. The highest BCUT2D eigenvalue weighted by molar-refractivity contribution is 5.99. The normalized spacial score (nSPS) is 11.7. The summed E-state index contributed by atoms with van der Waals surface area (Å²) in [7, 11) is 0. The van der Waals surface area contributed by atoms with Crippen LogP contribution in [0.1, 0.15) is 51.9 Å². The molecule has 6 nitrogen and oxygen atoms in total. The van der Waals surface area contributed by atoms with Gasteiger partial charge in [0, 0.05) is 24.3 Å². The first-order valence-corrected chi connectivity index (χ1v) is 11.6. The molecule has 0 aliphatic heterocycles. The van der Waals surface area contributed by atoms with E-state index in [4.69, 9.17) is 9.47 Å². The fourth-order valence-corrected chi connectivity index (χ4v) is 3.65. The minimum absolute atomic E-state index is 0.207. The van der Waals surface area contributed by atoms with E-state index in [-0.39, 0.29) is 24.2 Å². The Morgan fingerprint density at radius 1 is 0.886 bits per heavy atom. The molecule has 1 heterocycles. The maximum absolute atomic E-state index is 15.0. The molecule has 0 saturated carbocycles. The Morgan fingerprint density at radius 2 is 1.49 bits per heavy atom. The summed E-state index contributed by atoms with van der Waals surface area (Å²) in [6.07, 6.45) is -0.550. The summed E-state index contributed by atoms with van der Waals surface area (Å²) in [6.45, 7) is 11.2. The second kappa shape index (κ2) is 10.3. The SMILES string of the molecule is CC(C)(C)OC(=O)NCCn1c(-c2ccccc2)cc(C(=O)OC(C)(C)C)c1-c1ccccc1F. The van der Waals surface area contributed by atoms with E-state index < -0.39 is 29.1 Å². The van der Waals surface area contributed by atoms with Gasteiger partial charge < -0.3 is 19.4 Å². The van der Waals surface area contributed by atoms with Gasteiger partial charge in [-0.25, -0.2) is 14.0 Å². The number of nitrogens with one attached hydrogen (secondary N) is 1. The number of hydrogen-bond donors (Lipinski definition) is 1. The molecule has 0 aliphatic carbocycles. The van der Waals surface area contributed by atoms with Crippen molar-refractivity contribution in [2.24, 2.45) is 0 Å². The molecule has 3 rings (SSSR count). The van der Waals surface area contributed by atoms with Gasteiger partial charge in [0.25, 0.3) is 0 Å². The number of alkyl carbamates (subject to hydrolysis) is 1. The van der Waals surface area contributed by atoms with E-state index in [9.17, 15) is 9.59 Å². The molecule has 3 aromatic rings. The molecule has 35 heavy (non-hydrogen) atoms. The van der Waals surface area contributed by atoms with Gasteiger partial charge >= 0.3 is 12.1 Å². The first kappa shape index (κ1) is 26.0. The van der Waals surface area contributed by atoms with Crippen LogP contribution in [0.3, 0.4) is 0 Å². The fourth-order valence-electron chi connectivity index (χ4n) is 3.65. The van der Waals surface area contributed by atoms with Crippen molar-refractivity contribution < 1.29 is 23.5 Å². The van der Waals surface area contributed by atoms with Crippen LogP contribution in [0.25, 0.3) is 22.5 Å². The highest BCUT2D eigenvalue weighted by Gasteiger charge is 2.28. The lowest BCUT2D eigenvalue weighted by atomic mass is 10.1. The zero-order chi connectivity index (χ0) is 25.8. The topological polar surface area (TPSA) is 69.6 Å². The Kier molecular flexibility index (Phi) is 7.68. The molecule has 186 valence electrons. The average molecular weight is 481 g/mol. The predicted octanol–water partition coefficient (Wildman–Crippen LogP) is 6.44. The van der Waals surface area contributed by atoms with Crippen LogP contribution in [0, 0.1) is 5.82 Å². The lowest BCUT2D eigenvalue weighted by molar-refractivity contribution is 0.00700. The molecule has 0 saturated heterocycles. The van der Waals surface area contributed by atoms with Crippen molar-refractivity contribution in [1.29, 1.82) is 0 Å². The van der Waals surface area contributed by atoms with E-state index in [2.05, 4.69) is 5.32 Å². The molecular formula is C28H33FN2O4. The Morgan fingerprint density at radius 3 is 2.09 bits per heavy atom. The van der Waals surface area contributed by atoms with Crippen LogP contribution >= 0.6 is 0 Å². The average Bonchev–Trinajstić information content (AvgIpc) is 3.12. The maximum atomic E-state index is 15.0. The van der Waals surface area contributed by atoms with Gasteiger partial charge in [-0.05, 0) is 65.3 Å². The van der Waals surface area contributed by atoms with Crippen LogP contribution in [-0.4, -0.2) is 34.4 Å². The maximum Gasteiger partial charge on any atom is 0.407 e. The summed E-state index contributed by atoms with van der Waals surface area (Å²) < 4.78 is 27.9. The smallest absolute Gasteiger partial charge is 0.407 e. The van der Waals surface area contributed by atoms with Crippen LogP contribution in [-0.2, 0) is 16.0 Å². The Balaban J connectivity index is 2.11. The standard InChI is InChI=1S/C28H33FN2O4/c1-27(2,3)34-25(32)21-18-23(19-12-8-7-9-13-19)31(17-16-30-26(33)35-28(4,5)6)24(21)20-14-10-11-15-22(20)29/h7-15,18H,16-17H2,1-6H3,(H,30,33). The van der Waals surface area contributed by atoms with Gasteiger partial charge in [-0.15, -0.1) is 0 Å². The molecule has 1 amide bonds. The van der Waals surface area contributed by atoms with Crippen LogP contribution in [0.4, 0.5) is 9.18 Å². The van der Waals surface area contributed by atoms with Gasteiger partial charge in [0.1, 0.15) is 17.0 Å². The summed E-state index contributed by atoms with van der Waals surface area (Å²) in [5, 5.41) is 2.74. The van der Waals surface area contributed by atoms with Gasteiger partial charge in [0.2, 0.25) is 0 Å². The first-order chi connectivity index (χ1) is 16.4. The van der Waals surface area contributed by atoms with Gasteiger partial charge in [-0.3, -0.25) is 0 Å². The van der Waals surface area contributed by atoms with E-state index in [0.717, 1.165) is 5.56 Å². The molecule has 1 aromatic heterocycles. The second-order valence-electron chi connectivity index (χ2n) is 10.2. The highest BCUT2D eigenvalue weighted by Crippen LogP contribution is 2.35. The van der Waals surface area contributed by atoms with Crippen LogP contribution in [0.5, 0.6) is 0 Å². The molecule has 0 bridgehead atoms. The van der Waals surface area contributed by atoms with Gasteiger partial charge in [-0.1, -0.05) is 42.5 Å². The number of amides is 1. The van der Waals surface area contributed by atoms with E-state index in [1.54, 1.807) is 65.8 Å². The van der Waals surface area contributed by atoms with Crippen molar-refractivity contribution in [3.05, 3.63) is 72.0 Å². The summed E-state index contributed by atoms with van der Waals surface area (Å²) in [6, 6.07) is 17.5. The molecule has 0 radical (unpaired) electrons. The van der Waals surface area contributed by atoms with E-state index >= 15 is 4.39 Å². The second-order valence-corrected chi connectivity index (χ2v) is 10.2. The quantitative estimate of drug-likeness (QED) is 0.412. The molecule has 0 spiro atoms. The molecule has 1 N–H and O–H groups in total. The predicted molar refractivity (Wildman–Crippen MR) is 135 cm³/mol. The zero-order valence-electron chi connectivity index (χ0n) is 21.1. The number of aromatic nitrogens is 1. The third-order valence-corrected chi connectivity index (χ3v) is 4.92. The highest BCUT2D eigenvalue weighted by atomic mass is 19.1. The Bertz CT molecular complexity index is 1190. The number of esters is 1. The summed E-state index contributed by atoms with van der Waals surface area (Å²) in [4.78, 5) is 25.5. The number of carbonyl (C=O) groups is 2. The first-order valence-electron chi connectivity index (χ1n) is 11.6. The Hall–Kier alpha value is -3.61. The monoisotopic (exact) mass is 480 g/mol. The molecule has 0 unspecified atom stereocenters. The lowest BCUT2D eigenvalue weighted by Gasteiger charge is -2.21. The summed E-state index contributed by atoms with van der Waals surface area (Å²) in [5.41, 5.74) is 1.11. The van der Waals surface area contributed by atoms with Gasteiger partial charge in [-0.2, -0.15) is 0 Å². The number of rotatable bonds is 6. The van der Waals surface area contributed by atoms with Crippen LogP contribution in [0.15, 0.2) is 60.7 Å². The zero-order valence-corrected chi connectivity index (χ0v) is 21.1. The minimum atomic E-state index is -0.725. The fraction of sp³-hybridized carbons (Fsp3) is 0.357. The molecule has 7 heteroatoms. The van der Waals surface area contributed by atoms with Crippen molar-refractivity contribution in [3.63, 3.8) is 0 Å². The minimum Gasteiger partial charge on any atom is -0.456 e. The van der Waals surface area contributed by atoms with Crippen molar-refractivity contribution >= 4 is 12.1 Å². The van der Waals surface area contributed by atoms with Crippen molar-refractivity contribution in [2.75, 3.05) is 6.54 Å². The number of hydrogen-bond acceptors (Lipinski definition) is 4. The third kappa shape index (κ3) is 6.94. The number of halogens is 1. The van der Waals surface area contributed by atoms with E-state index in [0.29, 0.717) is 11.4 Å². The third-order valence-electron chi connectivity index (χ3n) is 4.92. The van der Waals surface area contributed by atoms with Crippen molar-refractivity contribution in [1.82, 2.24) is 9.88 Å². The molecule has 0 fully saturated rings. The summed E-state index contributed by atoms with van der Waals surface area (Å²) >= 11 is 0. The van der Waals surface area contributed by atoms with Gasteiger partial charge in [0.05, 0.1) is 11.3 Å². The number of carbonyl (C=O) groups excluding carboxylic acids is 2. The van der Waals surface area contributed by atoms with E-state index in [1.165, 1.54) is 6.07 Å². The molecule has 0 atom stereocenters. The number of ether oxygens (including phenoxy) is 2. The van der Waals surface area contributed by atoms with Crippen molar-refractivity contribution in [2.45, 2.75) is 59.3 Å². The Labute approximate surface area is 206 Å². The van der Waals surface area contributed by atoms with Crippen LogP contribution in [0.2, 0.25) is 0 Å².